The van der Waals surface area contributed by atoms with Crippen LogP contribution in [0.15, 0.2) is 47.5 Å². The van der Waals surface area contributed by atoms with Crippen LogP contribution in [0.5, 0.6) is 5.75 Å². The van der Waals surface area contributed by atoms with E-state index in [1.807, 2.05) is 38.1 Å². The van der Waals surface area contributed by atoms with Gasteiger partial charge < -0.3 is 20.3 Å². The van der Waals surface area contributed by atoms with Crippen LogP contribution < -0.4 is 20.3 Å². The molecule has 2 atom stereocenters. The van der Waals surface area contributed by atoms with Crippen LogP contribution >= 0.6 is 22.9 Å². The number of hydrogen-bond donors (Lipinski definition) is 4. The first kappa shape index (κ1) is 42.0. The second-order valence-electron chi connectivity index (χ2n) is 14.7. The van der Waals surface area contributed by atoms with E-state index >= 15 is 0 Å². The van der Waals surface area contributed by atoms with Gasteiger partial charge in [-0.2, -0.15) is 0 Å². The second-order valence-corrected chi connectivity index (χ2v) is 16.3. The predicted octanol–water partition coefficient (Wildman–Crippen LogP) is 7.13. The fourth-order valence-electron chi connectivity index (χ4n) is 7.39. The lowest BCUT2D eigenvalue weighted by Gasteiger charge is -2.25. The van der Waals surface area contributed by atoms with Gasteiger partial charge in [0.15, 0.2) is 6.61 Å². The first-order valence-electron chi connectivity index (χ1n) is 19.7. The summed E-state index contributed by atoms with van der Waals surface area (Å²) in [4.78, 5) is 58.6. The van der Waals surface area contributed by atoms with Gasteiger partial charge in [0.1, 0.15) is 35.1 Å². The standard InChI is InChI=1S/C42H52ClN7O6S/c1-26-27(2)57-42-38(26)39(29-15-17-30(43)18-16-29)48-34(40(45)50(42)28(3)44)22-36(51)46-19-8-6-4-5-7-9-20-47-37(52)25-54-35-14-10-13-32-33(35)23-49(41(32)53)31-12-11-21-55-56-24-31/h10,13-18,31,34,44-45H,4-9,11-12,19-25H2,1-3H3,(H,46,51)(H,47,52)/t31?,34-/m0/s1. The Morgan fingerprint density at radius 3 is 2.42 bits per heavy atom. The van der Waals surface area contributed by atoms with Gasteiger partial charge in [-0.15, -0.1) is 11.3 Å². The van der Waals surface area contributed by atoms with Crippen molar-refractivity contribution < 1.29 is 28.9 Å². The van der Waals surface area contributed by atoms with Gasteiger partial charge in [0.05, 0.1) is 31.3 Å². The average Bonchev–Trinajstić information content (AvgIpc) is 3.46. The molecule has 1 fully saturated rings. The van der Waals surface area contributed by atoms with Crippen LogP contribution in [0.25, 0.3) is 0 Å². The molecule has 57 heavy (non-hydrogen) atoms. The summed E-state index contributed by atoms with van der Waals surface area (Å²) in [5.74, 6) is 0.417. The Hall–Kier alpha value is -4.63. The molecule has 6 rings (SSSR count). The van der Waals surface area contributed by atoms with Crippen LogP contribution in [-0.4, -0.2) is 85.0 Å². The van der Waals surface area contributed by atoms with E-state index in [-0.39, 0.29) is 48.5 Å². The van der Waals surface area contributed by atoms with Crippen molar-refractivity contribution in [2.24, 2.45) is 4.99 Å². The topological polar surface area (TPSA) is 170 Å². The molecule has 4 N–H and O–H groups in total. The third kappa shape index (κ3) is 10.3. The summed E-state index contributed by atoms with van der Waals surface area (Å²) in [7, 11) is 0. The lowest BCUT2D eigenvalue weighted by Crippen LogP contribution is -2.42. The van der Waals surface area contributed by atoms with Crippen molar-refractivity contribution in [2.75, 3.05) is 37.8 Å². The van der Waals surface area contributed by atoms with Gasteiger partial charge in [0, 0.05) is 45.2 Å². The number of aryl methyl sites for hydroxylation is 1. The Bertz CT molecular complexity index is 1990. The maximum absolute atomic E-state index is 13.2. The number of fused-ring (bicyclic) bond motifs is 2. The van der Waals surface area contributed by atoms with E-state index in [1.165, 1.54) is 11.3 Å². The zero-order valence-electron chi connectivity index (χ0n) is 32.9. The molecule has 13 nitrogen and oxygen atoms in total. The SMILES string of the molecule is CC(=N)N1C(=N)[C@H](CC(=O)NCCCCCCCCNC(=O)COc2cccc3c2CN(C2CCCOOC2)C3=O)N=C(c2ccc(Cl)cc2)c2c1sc(C)c2C. The van der Waals surface area contributed by atoms with Gasteiger partial charge >= 0.3 is 0 Å². The van der Waals surface area contributed by atoms with Gasteiger partial charge in [-0.1, -0.05) is 55.5 Å². The zero-order valence-corrected chi connectivity index (χ0v) is 34.5. The van der Waals surface area contributed by atoms with Crippen molar-refractivity contribution in [1.82, 2.24) is 15.5 Å². The van der Waals surface area contributed by atoms with Crippen molar-refractivity contribution in [3.8, 4) is 5.75 Å². The number of hydrogen-bond acceptors (Lipinski definition) is 10. The molecule has 3 aromatic rings. The average molecular weight is 818 g/mol. The van der Waals surface area contributed by atoms with E-state index in [0.717, 1.165) is 83.5 Å². The molecule has 3 aliphatic heterocycles. The molecule has 0 aliphatic carbocycles. The van der Waals surface area contributed by atoms with Gasteiger partial charge in [-0.25, -0.2) is 9.78 Å². The zero-order chi connectivity index (χ0) is 40.5. The largest absolute Gasteiger partial charge is 0.483 e. The number of nitrogens with one attached hydrogen (secondary N) is 4. The number of amides is 3. The second kappa shape index (κ2) is 19.7. The van der Waals surface area contributed by atoms with E-state index < -0.39 is 6.04 Å². The van der Waals surface area contributed by atoms with Crippen molar-refractivity contribution in [2.45, 2.75) is 97.2 Å². The van der Waals surface area contributed by atoms with E-state index in [2.05, 4.69) is 10.6 Å². The molecule has 0 spiro atoms. The van der Waals surface area contributed by atoms with Crippen LogP contribution in [0, 0.1) is 24.7 Å². The highest BCUT2D eigenvalue weighted by Crippen LogP contribution is 2.40. The van der Waals surface area contributed by atoms with Crippen molar-refractivity contribution >= 4 is 63.0 Å². The maximum Gasteiger partial charge on any atom is 0.257 e. The highest BCUT2D eigenvalue weighted by Gasteiger charge is 2.36. The number of ether oxygens (including phenoxy) is 1. The normalized spacial score (nSPS) is 18.0. The van der Waals surface area contributed by atoms with Crippen molar-refractivity contribution in [1.29, 1.82) is 10.8 Å². The summed E-state index contributed by atoms with van der Waals surface area (Å²) in [6.45, 7) is 7.94. The van der Waals surface area contributed by atoms with Crippen LogP contribution in [0.3, 0.4) is 0 Å². The summed E-state index contributed by atoms with van der Waals surface area (Å²) in [6, 6.07) is 12.0. The lowest BCUT2D eigenvalue weighted by atomic mass is 9.99. The van der Waals surface area contributed by atoms with Crippen LogP contribution in [0.2, 0.25) is 5.02 Å². The third-order valence-corrected chi connectivity index (χ3v) is 12.0. The van der Waals surface area contributed by atoms with Crippen molar-refractivity contribution in [3.05, 3.63) is 80.2 Å². The molecular formula is C42H52ClN7O6S. The molecule has 1 saturated heterocycles. The third-order valence-electron chi connectivity index (χ3n) is 10.6. The quantitative estimate of drug-likeness (QED) is 0.0516. The number of rotatable bonds is 16. The summed E-state index contributed by atoms with van der Waals surface area (Å²) in [5.41, 5.74) is 4.86. The first-order chi connectivity index (χ1) is 27.5. The molecule has 4 heterocycles. The predicted molar refractivity (Wildman–Crippen MR) is 223 cm³/mol. The monoisotopic (exact) mass is 817 g/mol. The Labute approximate surface area is 343 Å². The number of benzene rings is 2. The minimum Gasteiger partial charge on any atom is -0.483 e. The van der Waals surface area contributed by atoms with Gasteiger partial charge in [0.25, 0.3) is 11.8 Å². The number of nitrogens with zero attached hydrogens (tertiary/aromatic N) is 3. The minimum absolute atomic E-state index is 0.00169. The van der Waals surface area contributed by atoms with E-state index in [4.69, 9.17) is 41.9 Å². The molecular weight excluding hydrogens is 766 g/mol. The number of carbonyl (C=O) groups is 3. The number of aliphatic imine (C=N–C) groups is 1. The smallest absolute Gasteiger partial charge is 0.257 e. The molecule has 0 bridgehead atoms. The van der Waals surface area contributed by atoms with Crippen molar-refractivity contribution in [3.63, 3.8) is 0 Å². The number of anilines is 1. The van der Waals surface area contributed by atoms with Gasteiger partial charge in [0.2, 0.25) is 5.91 Å². The number of halogens is 1. The number of amidine groups is 2. The fraction of sp³-hybridized carbons (Fsp3) is 0.476. The Kier molecular flexibility index (Phi) is 14.5. The van der Waals surface area contributed by atoms with E-state index in [9.17, 15) is 14.4 Å². The molecule has 2 aromatic carbocycles. The van der Waals surface area contributed by atoms with Crippen LogP contribution in [0.1, 0.15) is 102 Å². The van der Waals surface area contributed by atoms with Crippen LogP contribution in [0.4, 0.5) is 5.00 Å². The molecule has 3 aliphatic rings. The number of thiophene rings is 1. The molecule has 15 heteroatoms. The highest BCUT2D eigenvalue weighted by molar-refractivity contribution is 7.17. The molecule has 0 saturated carbocycles. The van der Waals surface area contributed by atoms with Crippen LogP contribution in [-0.2, 0) is 25.9 Å². The number of unbranched alkanes of at least 4 members (excludes halogenated alkanes) is 5. The lowest BCUT2D eigenvalue weighted by molar-refractivity contribution is -0.292. The Balaban J connectivity index is 0.882. The summed E-state index contributed by atoms with van der Waals surface area (Å²) in [6.07, 6.45) is 7.27. The van der Waals surface area contributed by atoms with Gasteiger partial charge in [-0.05, 0) is 76.3 Å². The number of carbonyl (C=O) groups excluding carboxylic acids is 3. The first-order valence-corrected chi connectivity index (χ1v) is 20.9. The molecule has 1 unspecified atom stereocenters. The molecule has 3 amide bonds. The summed E-state index contributed by atoms with van der Waals surface area (Å²) >= 11 is 7.72. The maximum atomic E-state index is 13.2. The minimum atomic E-state index is -0.763. The summed E-state index contributed by atoms with van der Waals surface area (Å²) < 4.78 is 5.87. The Morgan fingerprint density at radius 1 is 1.00 bits per heavy atom. The Morgan fingerprint density at radius 2 is 1.70 bits per heavy atom. The highest BCUT2D eigenvalue weighted by atomic mass is 35.5. The molecule has 304 valence electrons. The molecule has 0 radical (unpaired) electrons. The van der Waals surface area contributed by atoms with E-state index in [1.54, 1.807) is 34.9 Å². The molecule has 1 aromatic heterocycles. The van der Waals surface area contributed by atoms with E-state index in [0.29, 0.717) is 54.9 Å². The summed E-state index contributed by atoms with van der Waals surface area (Å²) in [5, 5.41) is 24.9. The fourth-order valence-corrected chi connectivity index (χ4v) is 8.74. The van der Waals surface area contributed by atoms with Gasteiger partial charge in [-0.3, -0.25) is 35.1 Å².